The molecule has 2 atom stereocenters. The van der Waals surface area contributed by atoms with Gasteiger partial charge in [-0.3, -0.25) is 9.78 Å². The first kappa shape index (κ1) is 14.6. The van der Waals surface area contributed by atoms with Crippen LogP contribution in [0.15, 0.2) is 30.6 Å². The summed E-state index contributed by atoms with van der Waals surface area (Å²) in [5.41, 5.74) is 5.69. The van der Waals surface area contributed by atoms with Crippen LogP contribution in [0.5, 0.6) is 0 Å². The SMILES string of the molecule is Cc1cc2ncc3c(n2n1)C[C@@H]1CC[C@@H]3N1C(=O)c1cccnc1C. The standard InChI is InChI=1S/C19H19N5O/c1-11-8-18-21-10-15-16-6-5-13(9-17(15)24(18)22-11)23(16)19(25)14-4-3-7-20-12(14)2/h3-4,7-8,10,13,16H,5-6,9H2,1-2H3/t13-,16-/m0/s1. The van der Waals surface area contributed by atoms with Crippen LogP contribution in [0.1, 0.15) is 51.9 Å². The van der Waals surface area contributed by atoms with Crippen LogP contribution < -0.4 is 0 Å². The number of aryl methyl sites for hydroxylation is 2. The molecule has 0 aromatic carbocycles. The van der Waals surface area contributed by atoms with Gasteiger partial charge in [-0.25, -0.2) is 9.50 Å². The number of rotatable bonds is 1. The van der Waals surface area contributed by atoms with Crippen LogP contribution in [0.3, 0.4) is 0 Å². The van der Waals surface area contributed by atoms with Crippen LogP contribution in [0.25, 0.3) is 5.65 Å². The minimum Gasteiger partial charge on any atom is -0.328 e. The van der Waals surface area contributed by atoms with Gasteiger partial charge in [-0.15, -0.1) is 0 Å². The van der Waals surface area contributed by atoms with Crippen molar-refractivity contribution in [3.05, 3.63) is 58.8 Å². The molecule has 0 spiro atoms. The van der Waals surface area contributed by atoms with Crippen LogP contribution in [-0.2, 0) is 6.42 Å². The Morgan fingerprint density at radius 1 is 1.24 bits per heavy atom. The largest absolute Gasteiger partial charge is 0.328 e. The molecule has 0 N–H and O–H groups in total. The van der Waals surface area contributed by atoms with Gasteiger partial charge in [0.1, 0.15) is 0 Å². The van der Waals surface area contributed by atoms with E-state index in [0.717, 1.165) is 41.9 Å². The normalized spacial score (nSPS) is 21.6. The number of pyridine rings is 1. The number of carbonyl (C=O) groups is 1. The third-order valence-electron chi connectivity index (χ3n) is 5.50. The Labute approximate surface area is 145 Å². The number of amides is 1. The molecule has 2 aliphatic heterocycles. The number of aromatic nitrogens is 4. The van der Waals surface area contributed by atoms with Crippen LogP contribution in [-0.4, -0.2) is 36.4 Å². The number of hydrogen-bond acceptors (Lipinski definition) is 4. The first-order chi connectivity index (χ1) is 12.1. The minimum atomic E-state index is 0.0838. The molecule has 6 nitrogen and oxygen atoms in total. The Bertz CT molecular complexity index is 1010. The lowest BCUT2D eigenvalue weighted by Crippen LogP contribution is -2.43. The zero-order chi connectivity index (χ0) is 17.1. The van der Waals surface area contributed by atoms with Gasteiger partial charge in [0.25, 0.3) is 5.91 Å². The lowest BCUT2D eigenvalue weighted by molar-refractivity contribution is 0.0641. The zero-order valence-corrected chi connectivity index (χ0v) is 14.3. The van der Waals surface area contributed by atoms with Gasteiger partial charge >= 0.3 is 0 Å². The second kappa shape index (κ2) is 5.12. The van der Waals surface area contributed by atoms with Crippen molar-refractivity contribution in [3.63, 3.8) is 0 Å². The number of fused-ring (bicyclic) bond motifs is 6. The van der Waals surface area contributed by atoms with E-state index < -0.39 is 0 Å². The van der Waals surface area contributed by atoms with Crippen LogP contribution >= 0.6 is 0 Å². The number of carbonyl (C=O) groups excluding carboxylic acids is 1. The monoisotopic (exact) mass is 333 g/mol. The molecule has 126 valence electrons. The number of hydrogen-bond donors (Lipinski definition) is 0. The smallest absolute Gasteiger partial charge is 0.256 e. The Kier molecular flexibility index (Phi) is 2.98. The fraction of sp³-hybridized carbons (Fsp3) is 0.368. The van der Waals surface area contributed by atoms with Crippen molar-refractivity contribution in [2.45, 2.75) is 45.2 Å². The summed E-state index contributed by atoms with van der Waals surface area (Å²) in [6.45, 7) is 3.88. The highest BCUT2D eigenvalue weighted by Gasteiger charge is 2.44. The Balaban J connectivity index is 1.61. The van der Waals surface area contributed by atoms with Gasteiger partial charge in [0.05, 0.1) is 23.0 Å². The molecule has 2 bridgehead atoms. The predicted molar refractivity (Wildman–Crippen MR) is 92.3 cm³/mol. The van der Waals surface area contributed by atoms with E-state index >= 15 is 0 Å². The van der Waals surface area contributed by atoms with Gasteiger partial charge in [-0.2, -0.15) is 5.10 Å². The van der Waals surface area contributed by atoms with E-state index in [4.69, 9.17) is 0 Å². The Morgan fingerprint density at radius 3 is 2.96 bits per heavy atom. The molecule has 25 heavy (non-hydrogen) atoms. The molecule has 1 saturated heterocycles. The molecule has 6 heteroatoms. The van der Waals surface area contributed by atoms with Crippen LogP contribution in [0, 0.1) is 13.8 Å². The van der Waals surface area contributed by atoms with E-state index in [9.17, 15) is 4.79 Å². The van der Waals surface area contributed by atoms with Crippen molar-refractivity contribution in [2.75, 3.05) is 0 Å². The summed E-state index contributed by atoms with van der Waals surface area (Å²) in [7, 11) is 0. The highest BCUT2D eigenvalue weighted by atomic mass is 16.2. The molecule has 0 unspecified atom stereocenters. The third-order valence-corrected chi connectivity index (χ3v) is 5.50. The van der Waals surface area contributed by atoms with E-state index in [1.54, 1.807) is 6.20 Å². The summed E-state index contributed by atoms with van der Waals surface area (Å²) >= 11 is 0. The number of nitrogens with zero attached hydrogens (tertiary/aromatic N) is 5. The molecule has 5 rings (SSSR count). The van der Waals surface area contributed by atoms with Crippen molar-refractivity contribution in [3.8, 4) is 0 Å². The first-order valence-corrected chi connectivity index (χ1v) is 8.72. The van der Waals surface area contributed by atoms with E-state index in [0.29, 0.717) is 5.56 Å². The van der Waals surface area contributed by atoms with Crippen molar-refractivity contribution in [2.24, 2.45) is 0 Å². The van der Waals surface area contributed by atoms with Crippen molar-refractivity contribution in [1.82, 2.24) is 24.5 Å². The van der Waals surface area contributed by atoms with Crippen LogP contribution in [0.4, 0.5) is 0 Å². The van der Waals surface area contributed by atoms with E-state index in [1.807, 2.05) is 42.8 Å². The maximum Gasteiger partial charge on any atom is 0.256 e. The van der Waals surface area contributed by atoms with E-state index in [2.05, 4.69) is 20.0 Å². The van der Waals surface area contributed by atoms with Gasteiger partial charge in [0.2, 0.25) is 0 Å². The average molecular weight is 333 g/mol. The molecule has 0 aliphatic carbocycles. The Hall–Kier alpha value is -2.76. The zero-order valence-electron chi connectivity index (χ0n) is 14.3. The second-order valence-corrected chi connectivity index (χ2v) is 7.02. The highest BCUT2D eigenvalue weighted by molar-refractivity contribution is 5.96. The molecular weight excluding hydrogens is 314 g/mol. The minimum absolute atomic E-state index is 0.0838. The average Bonchev–Trinajstić information content (AvgIpc) is 3.13. The fourth-order valence-corrected chi connectivity index (χ4v) is 4.36. The molecule has 3 aromatic heterocycles. The fourth-order valence-electron chi connectivity index (χ4n) is 4.36. The first-order valence-electron chi connectivity index (χ1n) is 8.72. The maximum absolute atomic E-state index is 13.2. The quantitative estimate of drug-likeness (QED) is 0.687. The summed E-state index contributed by atoms with van der Waals surface area (Å²) in [6, 6.07) is 6.01. The van der Waals surface area contributed by atoms with E-state index in [1.165, 1.54) is 5.69 Å². The summed E-state index contributed by atoms with van der Waals surface area (Å²) in [5, 5.41) is 4.61. The van der Waals surface area contributed by atoms with Gasteiger partial charge < -0.3 is 4.90 Å². The molecule has 1 amide bonds. The van der Waals surface area contributed by atoms with Crippen molar-refractivity contribution >= 4 is 11.6 Å². The highest BCUT2D eigenvalue weighted by Crippen LogP contribution is 2.44. The van der Waals surface area contributed by atoms with Gasteiger partial charge in [-0.05, 0) is 38.8 Å². The van der Waals surface area contributed by atoms with Crippen molar-refractivity contribution < 1.29 is 4.79 Å². The molecule has 0 saturated carbocycles. The third kappa shape index (κ3) is 2.03. The van der Waals surface area contributed by atoms with Gasteiger partial charge in [-0.1, -0.05) is 0 Å². The molecule has 0 radical (unpaired) electrons. The van der Waals surface area contributed by atoms with E-state index in [-0.39, 0.29) is 18.0 Å². The summed E-state index contributed by atoms with van der Waals surface area (Å²) < 4.78 is 1.97. The van der Waals surface area contributed by atoms with Gasteiger partial charge in [0, 0.05) is 42.2 Å². The lowest BCUT2D eigenvalue weighted by Gasteiger charge is -2.36. The maximum atomic E-state index is 13.2. The molecule has 5 heterocycles. The van der Waals surface area contributed by atoms with Gasteiger partial charge in [0.15, 0.2) is 5.65 Å². The summed E-state index contributed by atoms with van der Waals surface area (Å²) in [5.74, 6) is 0.0838. The van der Waals surface area contributed by atoms with Crippen molar-refractivity contribution in [1.29, 1.82) is 0 Å². The molecule has 1 fully saturated rings. The predicted octanol–water partition coefficient (Wildman–Crippen LogP) is 2.64. The molecule has 2 aliphatic rings. The summed E-state index contributed by atoms with van der Waals surface area (Å²) in [6.07, 6.45) is 6.50. The molecule has 3 aromatic rings. The molecular formula is C19H19N5O. The Morgan fingerprint density at radius 2 is 2.12 bits per heavy atom. The second-order valence-electron chi connectivity index (χ2n) is 7.02. The summed E-state index contributed by atoms with van der Waals surface area (Å²) in [4.78, 5) is 24.1. The van der Waals surface area contributed by atoms with Crippen LogP contribution in [0.2, 0.25) is 0 Å². The topological polar surface area (TPSA) is 63.4 Å². The lowest BCUT2D eigenvalue weighted by atomic mass is 9.98.